The van der Waals surface area contributed by atoms with E-state index in [4.69, 9.17) is 0 Å². The van der Waals surface area contributed by atoms with Gasteiger partial charge in [0.2, 0.25) is 5.91 Å². The molecule has 1 aromatic heterocycles. The Morgan fingerprint density at radius 3 is 2.43 bits per heavy atom. The Morgan fingerprint density at radius 1 is 1.04 bits per heavy atom. The number of nitrogens with one attached hydrogen (secondary N) is 1. The van der Waals surface area contributed by atoms with Crippen LogP contribution in [0.1, 0.15) is 33.6 Å². The minimum absolute atomic E-state index is 0.124. The zero-order valence-electron chi connectivity index (χ0n) is 16.6. The lowest BCUT2D eigenvalue weighted by molar-refractivity contribution is -0.120. The third-order valence-corrected chi connectivity index (χ3v) is 5.41. The van der Waals surface area contributed by atoms with Crippen LogP contribution < -0.4 is 5.43 Å². The smallest absolute Gasteiger partial charge is 0.244 e. The fourth-order valence-electron chi connectivity index (χ4n) is 3.22. The number of rotatable bonds is 5. The van der Waals surface area contributed by atoms with Crippen LogP contribution in [0.5, 0.6) is 0 Å². The van der Waals surface area contributed by atoms with E-state index in [1.165, 1.54) is 11.1 Å². The molecule has 0 aliphatic rings. The summed E-state index contributed by atoms with van der Waals surface area (Å²) in [5.74, 6) is -0.124. The van der Waals surface area contributed by atoms with Crippen LogP contribution in [0.15, 0.2) is 58.1 Å². The molecule has 0 unspecified atom stereocenters. The first-order valence-electron chi connectivity index (χ1n) is 9.18. The Labute approximate surface area is 174 Å². The van der Waals surface area contributed by atoms with Crippen molar-refractivity contribution in [1.29, 1.82) is 0 Å². The van der Waals surface area contributed by atoms with E-state index in [0.717, 1.165) is 32.7 Å². The van der Waals surface area contributed by atoms with E-state index in [9.17, 15) is 4.79 Å². The molecule has 3 rings (SSSR count). The Morgan fingerprint density at radius 2 is 1.75 bits per heavy atom. The van der Waals surface area contributed by atoms with E-state index in [1.54, 1.807) is 6.21 Å². The minimum Gasteiger partial charge on any atom is -0.318 e. The molecule has 0 saturated heterocycles. The molecular weight excluding hydrogens is 414 g/mol. The third-order valence-electron chi connectivity index (χ3n) is 4.88. The number of benzene rings is 2. The summed E-state index contributed by atoms with van der Waals surface area (Å²) >= 11 is 3.47. The fourth-order valence-corrected chi connectivity index (χ4v) is 3.48. The van der Waals surface area contributed by atoms with Crippen molar-refractivity contribution in [3.63, 3.8) is 0 Å². The second-order valence-electron chi connectivity index (χ2n) is 7.03. The maximum absolute atomic E-state index is 12.2. The number of nitrogens with zero attached hydrogens (tertiary/aromatic N) is 2. The zero-order valence-corrected chi connectivity index (χ0v) is 18.2. The monoisotopic (exact) mass is 437 g/mol. The van der Waals surface area contributed by atoms with Gasteiger partial charge in [-0.05, 0) is 74.7 Å². The predicted octanol–water partition coefficient (Wildman–Crippen LogP) is 5.17. The molecule has 5 heteroatoms. The minimum atomic E-state index is -0.124. The van der Waals surface area contributed by atoms with E-state index >= 15 is 0 Å². The van der Waals surface area contributed by atoms with E-state index in [-0.39, 0.29) is 5.91 Å². The van der Waals surface area contributed by atoms with E-state index in [2.05, 4.69) is 70.0 Å². The van der Waals surface area contributed by atoms with Gasteiger partial charge in [0.1, 0.15) is 0 Å². The van der Waals surface area contributed by atoms with Crippen molar-refractivity contribution in [3.05, 3.63) is 86.6 Å². The average Bonchev–Trinajstić information content (AvgIpc) is 2.93. The lowest BCUT2D eigenvalue weighted by atomic mass is 10.0. The SMILES string of the molecule is Cc1ccc(CC(=O)N/N=C\c2cc(C)n(-c3ccc(Br)cc3)c2C)cc1C. The molecule has 0 bridgehead atoms. The molecule has 0 radical (unpaired) electrons. The van der Waals surface area contributed by atoms with Crippen molar-refractivity contribution >= 4 is 28.1 Å². The van der Waals surface area contributed by atoms with Gasteiger partial charge in [0.25, 0.3) is 0 Å². The summed E-state index contributed by atoms with van der Waals surface area (Å²) in [6.07, 6.45) is 2.02. The van der Waals surface area contributed by atoms with Crippen molar-refractivity contribution in [3.8, 4) is 5.69 Å². The molecule has 0 atom stereocenters. The Bertz CT molecular complexity index is 1030. The second kappa shape index (κ2) is 8.57. The van der Waals surface area contributed by atoms with Crippen molar-refractivity contribution in [2.75, 3.05) is 0 Å². The van der Waals surface area contributed by atoms with Crippen LogP contribution in [-0.2, 0) is 11.2 Å². The van der Waals surface area contributed by atoms with Crippen LogP contribution in [0.4, 0.5) is 0 Å². The second-order valence-corrected chi connectivity index (χ2v) is 7.94. The highest BCUT2D eigenvalue weighted by atomic mass is 79.9. The molecule has 28 heavy (non-hydrogen) atoms. The lowest BCUT2D eigenvalue weighted by Gasteiger charge is -2.09. The molecule has 0 aliphatic heterocycles. The van der Waals surface area contributed by atoms with E-state index in [0.29, 0.717) is 6.42 Å². The molecule has 4 nitrogen and oxygen atoms in total. The summed E-state index contributed by atoms with van der Waals surface area (Å²) in [6, 6.07) is 16.3. The number of aromatic nitrogens is 1. The van der Waals surface area contributed by atoms with Gasteiger partial charge in [0.05, 0.1) is 12.6 Å². The topological polar surface area (TPSA) is 46.4 Å². The molecule has 1 heterocycles. The van der Waals surface area contributed by atoms with Crippen LogP contribution >= 0.6 is 15.9 Å². The molecule has 0 aliphatic carbocycles. The Balaban J connectivity index is 1.69. The maximum atomic E-state index is 12.2. The number of hydrogen-bond donors (Lipinski definition) is 1. The zero-order chi connectivity index (χ0) is 20.3. The molecule has 0 fully saturated rings. The predicted molar refractivity (Wildman–Crippen MR) is 118 cm³/mol. The standard InChI is InChI=1S/C23H24BrN3O/c1-15-5-6-19(11-16(15)2)13-23(28)26-25-14-20-12-17(3)27(18(20)4)22-9-7-21(24)8-10-22/h5-12,14H,13H2,1-4H3,(H,26,28)/b25-14-. The number of aryl methyl sites for hydroxylation is 3. The first kappa shape index (κ1) is 20.1. The number of amides is 1. The van der Waals surface area contributed by atoms with Gasteiger partial charge in [-0.1, -0.05) is 34.1 Å². The molecule has 0 spiro atoms. The molecule has 1 amide bonds. The summed E-state index contributed by atoms with van der Waals surface area (Å²) < 4.78 is 3.22. The maximum Gasteiger partial charge on any atom is 0.244 e. The van der Waals surface area contributed by atoms with Crippen LogP contribution in [-0.4, -0.2) is 16.7 Å². The number of carbonyl (C=O) groups is 1. The van der Waals surface area contributed by atoms with E-state index in [1.807, 2.05) is 37.3 Å². The highest BCUT2D eigenvalue weighted by Gasteiger charge is 2.09. The van der Waals surface area contributed by atoms with Gasteiger partial charge >= 0.3 is 0 Å². The van der Waals surface area contributed by atoms with Gasteiger partial charge in [0.15, 0.2) is 0 Å². The molecule has 1 N–H and O–H groups in total. The van der Waals surface area contributed by atoms with Crippen molar-refractivity contribution in [2.45, 2.75) is 34.1 Å². The first-order valence-corrected chi connectivity index (χ1v) is 9.97. The number of halogens is 1. The number of hydrazone groups is 1. The van der Waals surface area contributed by atoms with Crippen LogP contribution in [0, 0.1) is 27.7 Å². The quantitative estimate of drug-likeness (QED) is 0.434. The summed E-state index contributed by atoms with van der Waals surface area (Å²) in [4.78, 5) is 12.2. The van der Waals surface area contributed by atoms with Gasteiger partial charge < -0.3 is 4.57 Å². The van der Waals surface area contributed by atoms with Crippen LogP contribution in [0.25, 0.3) is 5.69 Å². The van der Waals surface area contributed by atoms with Gasteiger partial charge in [-0.15, -0.1) is 0 Å². The molecule has 3 aromatic rings. The average molecular weight is 438 g/mol. The van der Waals surface area contributed by atoms with Crippen LogP contribution in [0.3, 0.4) is 0 Å². The molecule has 0 saturated carbocycles. The number of carbonyl (C=O) groups excluding carboxylic acids is 1. The summed E-state index contributed by atoms with van der Waals surface area (Å²) in [5, 5.41) is 4.16. The Kier molecular flexibility index (Phi) is 6.15. The third kappa shape index (κ3) is 4.60. The fraction of sp³-hybridized carbons (Fsp3) is 0.217. The lowest BCUT2D eigenvalue weighted by Crippen LogP contribution is -2.19. The number of hydrogen-bond acceptors (Lipinski definition) is 2. The molecule has 2 aromatic carbocycles. The van der Waals surface area contributed by atoms with Crippen molar-refractivity contribution in [2.24, 2.45) is 5.10 Å². The van der Waals surface area contributed by atoms with Gasteiger partial charge in [-0.25, -0.2) is 5.43 Å². The van der Waals surface area contributed by atoms with Crippen molar-refractivity contribution in [1.82, 2.24) is 9.99 Å². The van der Waals surface area contributed by atoms with E-state index < -0.39 is 0 Å². The Hall–Kier alpha value is -2.66. The van der Waals surface area contributed by atoms with Crippen LogP contribution in [0.2, 0.25) is 0 Å². The largest absolute Gasteiger partial charge is 0.318 e. The normalized spacial score (nSPS) is 11.2. The first-order chi connectivity index (χ1) is 13.3. The molecule has 144 valence electrons. The van der Waals surface area contributed by atoms with Crippen molar-refractivity contribution < 1.29 is 4.79 Å². The summed E-state index contributed by atoms with van der Waals surface area (Å²) in [5.41, 5.74) is 10.3. The summed E-state index contributed by atoms with van der Waals surface area (Å²) in [7, 11) is 0. The van der Waals surface area contributed by atoms with Gasteiger partial charge in [0, 0.05) is 27.1 Å². The van der Waals surface area contributed by atoms with Gasteiger partial charge in [-0.3, -0.25) is 4.79 Å². The summed E-state index contributed by atoms with van der Waals surface area (Å²) in [6.45, 7) is 8.22. The highest BCUT2D eigenvalue weighted by molar-refractivity contribution is 9.10. The highest BCUT2D eigenvalue weighted by Crippen LogP contribution is 2.21. The molecular formula is C23H24BrN3O. The van der Waals surface area contributed by atoms with Gasteiger partial charge in [-0.2, -0.15) is 5.10 Å².